The van der Waals surface area contributed by atoms with Gasteiger partial charge in [0.05, 0.1) is 5.88 Å². The van der Waals surface area contributed by atoms with Crippen molar-refractivity contribution in [3.63, 3.8) is 0 Å². The molecule has 5 heteroatoms. The van der Waals surface area contributed by atoms with E-state index in [-0.39, 0.29) is 18.1 Å². The van der Waals surface area contributed by atoms with Crippen molar-refractivity contribution in [1.82, 2.24) is 0 Å². The fourth-order valence-electron chi connectivity index (χ4n) is 1.86. The molecule has 0 aliphatic heterocycles. The van der Waals surface area contributed by atoms with Crippen molar-refractivity contribution < 1.29 is 19.8 Å². The molecule has 1 atom stereocenters. The number of carbonyl (C=O) groups is 2. The summed E-state index contributed by atoms with van der Waals surface area (Å²) in [7, 11) is 0. The number of alkyl halides is 1. The number of aryl methyl sites for hydroxylation is 1. The van der Waals surface area contributed by atoms with Gasteiger partial charge in [0.1, 0.15) is 0 Å². The van der Waals surface area contributed by atoms with E-state index in [1.165, 1.54) is 0 Å². The van der Waals surface area contributed by atoms with Gasteiger partial charge in [-0.05, 0) is 23.1 Å². The Kier molecular flexibility index (Phi) is 5.31. The Hall–Kier alpha value is -1.39. The summed E-state index contributed by atoms with van der Waals surface area (Å²) in [5.41, 5.74) is 1.56. The predicted molar refractivity (Wildman–Crippen MR) is 67.8 cm³/mol. The van der Waals surface area contributed by atoms with Crippen LogP contribution in [0, 0.1) is 0 Å². The number of ketones is 1. The van der Waals surface area contributed by atoms with E-state index in [0.717, 1.165) is 5.56 Å². The van der Waals surface area contributed by atoms with Crippen LogP contribution in [0.5, 0.6) is 0 Å². The van der Waals surface area contributed by atoms with E-state index in [4.69, 9.17) is 16.7 Å². The average Bonchev–Trinajstić information content (AvgIpc) is 2.37. The van der Waals surface area contributed by atoms with Crippen LogP contribution in [0.2, 0.25) is 0 Å². The fourth-order valence-corrected chi connectivity index (χ4v) is 1.96. The number of aliphatic carboxylic acids is 1. The lowest BCUT2D eigenvalue weighted by Gasteiger charge is -2.16. The van der Waals surface area contributed by atoms with Crippen molar-refractivity contribution in [1.29, 1.82) is 0 Å². The van der Waals surface area contributed by atoms with Crippen molar-refractivity contribution in [2.75, 3.05) is 5.88 Å². The zero-order valence-electron chi connectivity index (χ0n) is 10.0. The Labute approximate surface area is 110 Å². The lowest BCUT2D eigenvalue weighted by Crippen LogP contribution is -2.17. The fraction of sp³-hybridized carbons (Fsp3) is 0.385. The van der Waals surface area contributed by atoms with E-state index >= 15 is 0 Å². The van der Waals surface area contributed by atoms with Gasteiger partial charge in [0.2, 0.25) is 0 Å². The number of carboxylic acids is 1. The zero-order chi connectivity index (χ0) is 13.7. The molecule has 98 valence electrons. The first-order chi connectivity index (χ1) is 8.51. The quantitative estimate of drug-likeness (QED) is 0.772. The minimum absolute atomic E-state index is 0.0387. The number of carboxylic acid groups (broad SMARTS) is 1. The number of carbonyl (C=O) groups excluding carboxylic acids is 1. The first-order valence-electron chi connectivity index (χ1n) is 5.60. The summed E-state index contributed by atoms with van der Waals surface area (Å²) in [5, 5.41) is 18.6. The molecule has 0 heterocycles. The van der Waals surface area contributed by atoms with Crippen molar-refractivity contribution in [2.24, 2.45) is 0 Å². The molecule has 0 saturated carbocycles. The first kappa shape index (κ1) is 14.7. The summed E-state index contributed by atoms with van der Waals surface area (Å²) in [6, 6.07) is 5.13. The van der Waals surface area contributed by atoms with Crippen molar-refractivity contribution >= 4 is 23.4 Å². The molecular formula is C13H15ClO4. The maximum Gasteiger partial charge on any atom is 0.337 e. The molecule has 0 spiro atoms. The molecule has 0 aromatic heterocycles. The van der Waals surface area contributed by atoms with Crippen LogP contribution in [0.4, 0.5) is 0 Å². The maximum absolute atomic E-state index is 11.4. The van der Waals surface area contributed by atoms with Gasteiger partial charge in [0, 0.05) is 6.42 Å². The number of aliphatic hydroxyl groups excluding tert-OH is 1. The predicted octanol–water partition coefficient (Wildman–Crippen LogP) is 1.72. The molecule has 18 heavy (non-hydrogen) atoms. The van der Waals surface area contributed by atoms with Crippen LogP contribution in [-0.2, 0) is 22.4 Å². The summed E-state index contributed by atoms with van der Waals surface area (Å²) >= 11 is 5.44. The molecule has 2 N–H and O–H groups in total. The molecule has 0 radical (unpaired) electrons. The molecule has 0 saturated heterocycles. The van der Waals surface area contributed by atoms with E-state index in [1.54, 1.807) is 18.2 Å². The second-order valence-corrected chi connectivity index (χ2v) is 4.20. The molecule has 1 aromatic carbocycles. The highest BCUT2D eigenvalue weighted by Gasteiger charge is 2.23. The van der Waals surface area contributed by atoms with Gasteiger partial charge < -0.3 is 10.2 Å². The lowest BCUT2D eigenvalue weighted by atomic mass is 9.92. The summed E-state index contributed by atoms with van der Waals surface area (Å²) in [6.07, 6.45) is -0.987. The van der Waals surface area contributed by atoms with E-state index in [2.05, 4.69) is 0 Å². The Morgan fingerprint density at radius 3 is 2.44 bits per heavy atom. The summed E-state index contributed by atoms with van der Waals surface area (Å²) in [4.78, 5) is 22.3. The van der Waals surface area contributed by atoms with E-state index < -0.39 is 12.1 Å². The van der Waals surface area contributed by atoms with Crippen LogP contribution >= 0.6 is 11.6 Å². The number of halogens is 1. The normalized spacial score (nSPS) is 12.2. The molecular weight excluding hydrogens is 256 g/mol. The summed E-state index contributed by atoms with van der Waals surface area (Å²) in [5.74, 6) is -1.65. The van der Waals surface area contributed by atoms with E-state index in [1.807, 2.05) is 6.92 Å². The number of hydrogen-bond acceptors (Lipinski definition) is 3. The number of aliphatic hydroxyl groups is 1. The van der Waals surface area contributed by atoms with Gasteiger partial charge in [0.15, 0.2) is 11.9 Å². The Bertz CT molecular complexity index is 456. The van der Waals surface area contributed by atoms with Crippen LogP contribution in [0.15, 0.2) is 18.2 Å². The lowest BCUT2D eigenvalue weighted by molar-refractivity contribution is -0.147. The van der Waals surface area contributed by atoms with Gasteiger partial charge in [-0.3, -0.25) is 4.79 Å². The monoisotopic (exact) mass is 270 g/mol. The van der Waals surface area contributed by atoms with Gasteiger partial charge >= 0.3 is 5.97 Å². The van der Waals surface area contributed by atoms with Gasteiger partial charge in [-0.25, -0.2) is 4.79 Å². The van der Waals surface area contributed by atoms with Crippen LogP contribution in [-0.4, -0.2) is 27.8 Å². The van der Waals surface area contributed by atoms with Crippen molar-refractivity contribution in [3.8, 4) is 0 Å². The van der Waals surface area contributed by atoms with Crippen molar-refractivity contribution in [3.05, 3.63) is 34.9 Å². The Balaban J connectivity index is 3.24. The minimum atomic E-state index is -1.61. The summed E-state index contributed by atoms with van der Waals surface area (Å²) < 4.78 is 0. The molecule has 1 rings (SSSR count). The standard InChI is InChI=1S/C13H15ClO4/c1-2-8-4-3-5-9(6-10(15)7-14)11(8)12(16)13(17)18/h3-5,12,16H,2,6-7H2,1H3,(H,17,18). The zero-order valence-corrected chi connectivity index (χ0v) is 10.8. The molecule has 0 aliphatic rings. The SMILES string of the molecule is CCc1cccc(CC(=O)CCl)c1C(O)C(=O)O. The van der Waals surface area contributed by atoms with Gasteiger partial charge in [-0.1, -0.05) is 25.1 Å². The highest BCUT2D eigenvalue weighted by atomic mass is 35.5. The van der Waals surface area contributed by atoms with Crippen molar-refractivity contribution in [2.45, 2.75) is 25.9 Å². The number of Topliss-reactive ketones (excluding diaryl/α,β-unsaturated/α-hetero) is 1. The molecule has 1 aromatic rings. The molecule has 1 unspecified atom stereocenters. The average molecular weight is 271 g/mol. The highest BCUT2D eigenvalue weighted by Crippen LogP contribution is 2.24. The van der Waals surface area contributed by atoms with Gasteiger partial charge in [-0.2, -0.15) is 0 Å². The van der Waals surface area contributed by atoms with E-state index in [9.17, 15) is 14.7 Å². The largest absolute Gasteiger partial charge is 0.479 e. The second kappa shape index (κ2) is 6.52. The van der Waals surface area contributed by atoms with Gasteiger partial charge in [-0.15, -0.1) is 11.6 Å². The smallest absolute Gasteiger partial charge is 0.337 e. The van der Waals surface area contributed by atoms with Crippen LogP contribution < -0.4 is 0 Å². The third-order valence-electron chi connectivity index (χ3n) is 2.71. The third kappa shape index (κ3) is 3.31. The van der Waals surface area contributed by atoms with Crippen LogP contribution in [0.25, 0.3) is 0 Å². The molecule has 0 fully saturated rings. The molecule has 4 nitrogen and oxygen atoms in total. The van der Waals surface area contributed by atoms with Crippen LogP contribution in [0.1, 0.15) is 29.7 Å². The number of hydrogen-bond donors (Lipinski definition) is 2. The van der Waals surface area contributed by atoms with Gasteiger partial charge in [0.25, 0.3) is 0 Å². The number of benzene rings is 1. The Morgan fingerprint density at radius 2 is 1.94 bits per heavy atom. The van der Waals surface area contributed by atoms with Crippen LogP contribution in [0.3, 0.4) is 0 Å². The topological polar surface area (TPSA) is 74.6 Å². The third-order valence-corrected chi connectivity index (χ3v) is 3.01. The highest BCUT2D eigenvalue weighted by molar-refractivity contribution is 6.27. The van der Waals surface area contributed by atoms with E-state index in [0.29, 0.717) is 17.5 Å². The minimum Gasteiger partial charge on any atom is -0.479 e. The molecule has 0 aliphatic carbocycles. The second-order valence-electron chi connectivity index (χ2n) is 3.93. The summed E-state index contributed by atoms with van der Waals surface area (Å²) in [6.45, 7) is 1.86. The Morgan fingerprint density at radius 1 is 1.33 bits per heavy atom. The molecule has 0 bridgehead atoms. The first-order valence-corrected chi connectivity index (χ1v) is 6.13. The number of rotatable bonds is 6. The molecule has 0 amide bonds. The maximum atomic E-state index is 11.4.